The molecule has 21 aromatic rings. The molecule has 0 saturated carbocycles. The predicted octanol–water partition coefficient (Wildman–Crippen LogP) is 28.7. The summed E-state index contributed by atoms with van der Waals surface area (Å²) in [6.45, 7) is 6.32. The molecule has 12 nitrogen and oxygen atoms in total. The van der Waals surface area contributed by atoms with Crippen LogP contribution < -0.4 is 0 Å². The van der Waals surface area contributed by atoms with Gasteiger partial charge in [-0.25, -0.2) is 44.9 Å². The SMILES string of the molecule is Cc1ccc(-c2cc(-c3cccc(-c4ccccn4)c3)cc(-c3nc(-c4ccccc4)nc(-c4ccccc4)n3)c2)cc1.Cc1ccc(-c2cc(-c3cccc(-c4cccnc4)c3)cc(-c3nc(-c4ccccc4)nc(-c4ccccc4)n3)c2)cc1.Cc1ccc(-c2cc(-c3cccc(-c4ccncc4)c3)cc(-c3nc(-c4ccccc4)nc(-c4ccccc4)n3)c2)cc1. The summed E-state index contributed by atoms with van der Waals surface area (Å²) in [5, 5.41) is 0. The van der Waals surface area contributed by atoms with Crippen molar-refractivity contribution in [3.05, 3.63) is 472 Å². The predicted molar refractivity (Wildman–Crippen MR) is 525 cm³/mol. The minimum atomic E-state index is 0.629. The molecule has 12 heteroatoms. The van der Waals surface area contributed by atoms with Crippen molar-refractivity contribution in [2.24, 2.45) is 0 Å². The molecule has 21 rings (SSSR count). The van der Waals surface area contributed by atoms with Crippen LogP contribution in [0.15, 0.2) is 456 Å². The van der Waals surface area contributed by atoms with Gasteiger partial charge >= 0.3 is 0 Å². The van der Waals surface area contributed by atoms with Crippen LogP contribution in [0.1, 0.15) is 16.7 Å². The second-order valence-electron chi connectivity index (χ2n) is 31.5. The maximum absolute atomic E-state index is 5.02. The van der Waals surface area contributed by atoms with Crippen LogP contribution in [-0.4, -0.2) is 59.8 Å². The Hall–Kier alpha value is -17.2. The van der Waals surface area contributed by atoms with Crippen molar-refractivity contribution in [2.45, 2.75) is 20.8 Å². The zero-order valence-electron chi connectivity index (χ0n) is 71.2. The van der Waals surface area contributed by atoms with Crippen LogP contribution in [0.2, 0.25) is 0 Å². The molecule has 0 aliphatic carbocycles. The van der Waals surface area contributed by atoms with Crippen LogP contribution in [0, 0.1) is 20.8 Å². The molecule has 0 N–H and O–H groups in total. The van der Waals surface area contributed by atoms with Crippen LogP contribution in [0.25, 0.3) is 203 Å². The lowest BCUT2D eigenvalue weighted by Crippen LogP contribution is -2.00. The molecule has 0 aliphatic rings. The highest BCUT2D eigenvalue weighted by atomic mass is 15.1. The number of benzene rings is 15. The molecule has 129 heavy (non-hydrogen) atoms. The quantitative estimate of drug-likeness (QED) is 0.0803. The zero-order chi connectivity index (χ0) is 87.0. The molecule has 0 amide bonds. The van der Waals surface area contributed by atoms with Crippen LogP contribution >= 0.6 is 0 Å². The summed E-state index contributed by atoms with van der Waals surface area (Å²) in [6.07, 6.45) is 9.18. The van der Waals surface area contributed by atoms with Gasteiger partial charge in [-0.1, -0.05) is 338 Å². The van der Waals surface area contributed by atoms with Crippen molar-refractivity contribution >= 4 is 0 Å². The molecule has 0 spiro atoms. The third-order valence-electron chi connectivity index (χ3n) is 22.4. The fourth-order valence-corrected chi connectivity index (χ4v) is 15.5. The average molecular weight is 1660 g/mol. The second-order valence-corrected chi connectivity index (χ2v) is 31.5. The van der Waals surface area contributed by atoms with E-state index in [4.69, 9.17) is 44.9 Å². The second kappa shape index (κ2) is 38.3. The molecular weight excluding hydrogens is 1570 g/mol. The zero-order valence-corrected chi connectivity index (χ0v) is 71.2. The first-order valence-corrected chi connectivity index (χ1v) is 42.9. The van der Waals surface area contributed by atoms with Gasteiger partial charge in [-0.3, -0.25) is 15.0 Å². The summed E-state index contributed by atoms with van der Waals surface area (Å²) < 4.78 is 0. The fraction of sp³-hybridized carbons (Fsp3) is 0.0256. The summed E-state index contributed by atoms with van der Waals surface area (Å²) in [6, 6.07) is 146. The highest BCUT2D eigenvalue weighted by molar-refractivity contribution is 5.87. The fourth-order valence-electron chi connectivity index (χ4n) is 15.5. The van der Waals surface area contributed by atoms with E-state index in [0.717, 1.165) is 150 Å². The van der Waals surface area contributed by atoms with Crippen LogP contribution in [0.3, 0.4) is 0 Å². The van der Waals surface area contributed by atoms with Gasteiger partial charge in [0.1, 0.15) is 0 Å². The highest BCUT2D eigenvalue weighted by Gasteiger charge is 2.21. The van der Waals surface area contributed by atoms with Gasteiger partial charge in [-0.15, -0.1) is 0 Å². The van der Waals surface area contributed by atoms with Gasteiger partial charge in [0.2, 0.25) is 0 Å². The number of rotatable bonds is 18. The van der Waals surface area contributed by atoms with Crippen molar-refractivity contribution in [2.75, 3.05) is 0 Å². The van der Waals surface area contributed by atoms with E-state index in [9.17, 15) is 0 Å². The molecule has 15 aromatic carbocycles. The van der Waals surface area contributed by atoms with E-state index < -0.39 is 0 Å². The van der Waals surface area contributed by atoms with Crippen LogP contribution in [-0.2, 0) is 0 Å². The molecule has 0 bridgehead atoms. The molecular formula is C117H84N12. The molecule has 0 fully saturated rings. The standard InChI is InChI=1S/3C39H28N4/c1-27-17-19-28(20-18-27)34-23-35(32-15-8-14-31(22-32)33-16-9-21-40-26-33)25-36(24-34)39-42-37(29-10-4-2-5-11-29)41-38(43-39)30-12-6-3-7-13-30;1-27-18-20-28(21-19-27)33-24-34(31-15-10-16-32(23-31)36-17-8-9-22-40-36)26-35(25-33)39-42-37(29-11-4-2-5-12-29)41-38(43-39)30-13-6-3-7-14-30;1-27-15-17-28(18-16-27)34-24-35(33-14-8-13-32(23-33)29-19-21-40-22-20-29)26-36(25-34)39-42-37(30-9-4-2-5-10-30)41-38(43-39)31-11-6-3-7-12-31/h3*2-26H,1H3. The highest BCUT2D eigenvalue weighted by Crippen LogP contribution is 2.41. The van der Waals surface area contributed by atoms with E-state index in [2.05, 4.69) is 242 Å². The lowest BCUT2D eigenvalue weighted by atomic mass is 9.94. The van der Waals surface area contributed by atoms with Gasteiger partial charge in [0, 0.05) is 92.2 Å². The van der Waals surface area contributed by atoms with Gasteiger partial charge in [0.25, 0.3) is 0 Å². The number of nitrogens with zero attached hydrogens (tertiary/aromatic N) is 12. The van der Waals surface area contributed by atoms with Crippen molar-refractivity contribution in [3.63, 3.8) is 0 Å². The topological polar surface area (TPSA) is 155 Å². The van der Waals surface area contributed by atoms with Crippen molar-refractivity contribution in [1.29, 1.82) is 0 Å². The Labute approximate surface area is 750 Å². The normalized spacial score (nSPS) is 10.9. The summed E-state index contributed by atoms with van der Waals surface area (Å²) in [7, 11) is 0. The number of hydrogen-bond donors (Lipinski definition) is 0. The van der Waals surface area contributed by atoms with Crippen molar-refractivity contribution < 1.29 is 0 Å². The van der Waals surface area contributed by atoms with E-state index in [-0.39, 0.29) is 0 Å². The van der Waals surface area contributed by atoms with E-state index in [1.807, 2.05) is 243 Å². The molecule has 0 radical (unpaired) electrons. The first-order valence-electron chi connectivity index (χ1n) is 42.9. The number of aryl methyl sites for hydroxylation is 3. The Morgan fingerprint density at radius 2 is 0.357 bits per heavy atom. The van der Waals surface area contributed by atoms with Gasteiger partial charge in [0.15, 0.2) is 52.4 Å². The van der Waals surface area contributed by atoms with Crippen molar-refractivity contribution in [1.82, 2.24) is 59.8 Å². The van der Waals surface area contributed by atoms with E-state index >= 15 is 0 Å². The lowest BCUT2D eigenvalue weighted by molar-refractivity contribution is 1.07. The van der Waals surface area contributed by atoms with E-state index in [1.54, 1.807) is 6.20 Å². The molecule has 0 aliphatic heterocycles. The Morgan fingerprint density at radius 1 is 0.132 bits per heavy atom. The molecule has 6 aromatic heterocycles. The van der Waals surface area contributed by atoms with Gasteiger partial charge < -0.3 is 0 Å². The van der Waals surface area contributed by atoms with Crippen LogP contribution in [0.4, 0.5) is 0 Å². The first kappa shape index (κ1) is 81.4. The first-order chi connectivity index (χ1) is 63.6. The summed E-state index contributed by atoms with van der Waals surface area (Å²) in [5.74, 6) is 5.75. The third kappa shape index (κ3) is 19.6. The van der Waals surface area contributed by atoms with Gasteiger partial charge in [-0.05, 0) is 207 Å². The Bertz CT molecular complexity index is 6550. The van der Waals surface area contributed by atoms with Crippen LogP contribution in [0.5, 0.6) is 0 Å². The van der Waals surface area contributed by atoms with E-state index in [0.29, 0.717) is 52.4 Å². The minimum Gasteiger partial charge on any atom is -0.265 e. The smallest absolute Gasteiger partial charge is 0.164 e. The summed E-state index contributed by atoms with van der Waals surface area (Å²) >= 11 is 0. The number of aromatic nitrogens is 12. The molecule has 0 unspecified atom stereocenters. The van der Waals surface area contributed by atoms with Crippen molar-refractivity contribution in [3.8, 4) is 203 Å². The minimum absolute atomic E-state index is 0.629. The largest absolute Gasteiger partial charge is 0.265 e. The lowest BCUT2D eigenvalue weighted by Gasteiger charge is -2.13. The molecule has 612 valence electrons. The van der Waals surface area contributed by atoms with E-state index in [1.165, 1.54) is 16.7 Å². The summed E-state index contributed by atoms with van der Waals surface area (Å²) in [4.78, 5) is 57.8. The average Bonchev–Trinajstić information content (AvgIpc) is 0.787. The monoisotopic (exact) mass is 1660 g/mol. The van der Waals surface area contributed by atoms with Gasteiger partial charge in [-0.2, -0.15) is 0 Å². The number of hydrogen-bond acceptors (Lipinski definition) is 12. The Balaban J connectivity index is 0.000000126. The van der Waals surface area contributed by atoms with Gasteiger partial charge in [0.05, 0.1) is 5.69 Å². The molecule has 0 atom stereocenters. The Morgan fingerprint density at radius 3 is 0.643 bits per heavy atom. The maximum Gasteiger partial charge on any atom is 0.164 e. The molecule has 0 saturated heterocycles. The maximum atomic E-state index is 5.02. The third-order valence-corrected chi connectivity index (χ3v) is 22.4. The Kier molecular flexibility index (Phi) is 24.2. The molecule has 6 heterocycles. The summed E-state index contributed by atoms with van der Waals surface area (Å²) in [5.41, 5.74) is 31.9. The number of pyridine rings is 3.